The summed E-state index contributed by atoms with van der Waals surface area (Å²) in [7, 11) is 2.13. The van der Waals surface area contributed by atoms with Crippen LogP contribution in [-0.2, 0) is 4.74 Å². The quantitative estimate of drug-likeness (QED) is 0.469. The summed E-state index contributed by atoms with van der Waals surface area (Å²) in [6, 6.07) is 0.641. The van der Waals surface area contributed by atoms with Crippen molar-refractivity contribution < 1.29 is 4.74 Å². The minimum atomic E-state index is 0. The monoisotopic (exact) mass is 367 g/mol. The maximum Gasteiger partial charge on any atom is 0.193 e. The minimum absolute atomic E-state index is 0. The van der Waals surface area contributed by atoms with E-state index in [-0.39, 0.29) is 24.0 Å². The molecule has 2 rings (SSSR count). The van der Waals surface area contributed by atoms with Gasteiger partial charge in [0.2, 0.25) is 0 Å². The summed E-state index contributed by atoms with van der Waals surface area (Å²) in [6.45, 7) is 8.09. The molecule has 0 aromatic carbocycles. The van der Waals surface area contributed by atoms with Crippen molar-refractivity contribution in [1.29, 1.82) is 0 Å². The molecular weight excluding hydrogens is 341 g/mol. The third kappa shape index (κ3) is 4.57. The van der Waals surface area contributed by atoms with Gasteiger partial charge >= 0.3 is 0 Å². The Bertz CT molecular complexity index is 279. The van der Waals surface area contributed by atoms with E-state index in [4.69, 9.17) is 4.74 Å². The van der Waals surface area contributed by atoms with Crippen LogP contribution >= 0.6 is 24.0 Å². The fourth-order valence-corrected chi connectivity index (χ4v) is 2.32. The second-order valence-electron chi connectivity index (χ2n) is 5.37. The Morgan fingerprint density at radius 1 is 1.50 bits per heavy atom. The van der Waals surface area contributed by atoms with E-state index in [1.54, 1.807) is 0 Å². The van der Waals surface area contributed by atoms with Gasteiger partial charge in [-0.2, -0.15) is 0 Å². The molecule has 18 heavy (non-hydrogen) atoms. The number of aliphatic imine (C=N–C) groups is 1. The van der Waals surface area contributed by atoms with Crippen LogP contribution in [0.3, 0.4) is 0 Å². The molecule has 0 bridgehead atoms. The summed E-state index contributed by atoms with van der Waals surface area (Å²) in [5.74, 6) is 2.54. The first kappa shape index (κ1) is 16.0. The summed E-state index contributed by atoms with van der Waals surface area (Å²) >= 11 is 0. The Morgan fingerprint density at radius 2 is 2.22 bits per heavy atom. The topological polar surface area (TPSA) is 36.9 Å². The molecule has 5 heteroatoms. The molecule has 1 aliphatic carbocycles. The van der Waals surface area contributed by atoms with Gasteiger partial charge in [0.1, 0.15) is 0 Å². The molecule has 1 heterocycles. The summed E-state index contributed by atoms with van der Waals surface area (Å²) < 4.78 is 5.42. The Labute approximate surface area is 128 Å². The molecule has 2 fully saturated rings. The Kier molecular flexibility index (Phi) is 6.70. The van der Waals surface area contributed by atoms with Crippen LogP contribution in [0, 0.1) is 11.8 Å². The first-order chi connectivity index (χ1) is 8.20. The fraction of sp³-hybridized carbons (Fsp3) is 0.923. The molecular formula is C13H26IN3O. The maximum absolute atomic E-state index is 5.42. The molecule has 1 saturated heterocycles. The zero-order chi connectivity index (χ0) is 12.3. The Hall–Kier alpha value is -0.0400. The van der Waals surface area contributed by atoms with Crippen molar-refractivity contribution >= 4 is 29.9 Å². The number of hydrogen-bond donors (Lipinski definition) is 1. The molecule has 106 valence electrons. The SMILES string of the molecule is CCN=C(NC1CC1C)N(C)CC1CCOC1.I. The molecule has 1 aliphatic heterocycles. The van der Waals surface area contributed by atoms with Crippen LogP contribution in [0.2, 0.25) is 0 Å². The lowest BCUT2D eigenvalue weighted by Crippen LogP contribution is -2.43. The van der Waals surface area contributed by atoms with Crippen LogP contribution in [0.25, 0.3) is 0 Å². The van der Waals surface area contributed by atoms with Gasteiger partial charge in [0, 0.05) is 38.7 Å². The number of nitrogens with one attached hydrogen (secondary N) is 1. The first-order valence-electron chi connectivity index (χ1n) is 6.80. The van der Waals surface area contributed by atoms with E-state index in [2.05, 4.69) is 36.1 Å². The van der Waals surface area contributed by atoms with Crippen molar-refractivity contribution in [2.45, 2.75) is 32.7 Å². The molecule has 1 N–H and O–H groups in total. The van der Waals surface area contributed by atoms with Gasteiger partial charge in [-0.05, 0) is 25.7 Å². The molecule has 0 aromatic rings. The zero-order valence-corrected chi connectivity index (χ0v) is 14.0. The number of hydrogen-bond acceptors (Lipinski definition) is 2. The molecule has 3 unspecified atom stereocenters. The molecule has 0 aromatic heterocycles. The zero-order valence-electron chi connectivity index (χ0n) is 11.7. The van der Waals surface area contributed by atoms with Gasteiger partial charge in [-0.3, -0.25) is 4.99 Å². The summed E-state index contributed by atoms with van der Waals surface area (Å²) in [5.41, 5.74) is 0. The molecule has 4 nitrogen and oxygen atoms in total. The van der Waals surface area contributed by atoms with Crippen LogP contribution in [-0.4, -0.2) is 50.3 Å². The minimum Gasteiger partial charge on any atom is -0.381 e. The predicted molar refractivity (Wildman–Crippen MR) is 85.7 cm³/mol. The van der Waals surface area contributed by atoms with Crippen molar-refractivity contribution in [1.82, 2.24) is 10.2 Å². The Morgan fingerprint density at radius 3 is 2.72 bits per heavy atom. The van der Waals surface area contributed by atoms with Crippen LogP contribution in [0.4, 0.5) is 0 Å². The number of guanidine groups is 1. The highest BCUT2D eigenvalue weighted by atomic mass is 127. The second kappa shape index (κ2) is 7.53. The molecule has 0 spiro atoms. The highest BCUT2D eigenvalue weighted by Gasteiger charge is 2.34. The van der Waals surface area contributed by atoms with Crippen LogP contribution in [0.5, 0.6) is 0 Å². The van der Waals surface area contributed by atoms with E-state index in [0.29, 0.717) is 12.0 Å². The highest BCUT2D eigenvalue weighted by molar-refractivity contribution is 14.0. The smallest absolute Gasteiger partial charge is 0.193 e. The molecule has 1 saturated carbocycles. The predicted octanol–water partition coefficient (Wildman–Crippen LogP) is 1.95. The maximum atomic E-state index is 5.42. The fourth-order valence-electron chi connectivity index (χ4n) is 2.32. The largest absolute Gasteiger partial charge is 0.381 e. The molecule has 0 amide bonds. The molecule has 0 radical (unpaired) electrons. The van der Waals surface area contributed by atoms with E-state index < -0.39 is 0 Å². The van der Waals surface area contributed by atoms with Crippen molar-refractivity contribution in [3.63, 3.8) is 0 Å². The van der Waals surface area contributed by atoms with E-state index >= 15 is 0 Å². The van der Waals surface area contributed by atoms with Crippen LogP contribution in [0.15, 0.2) is 4.99 Å². The van der Waals surface area contributed by atoms with E-state index in [1.165, 1.54) is 12.8 Å². The van der Waals surface area contributed by atoms with Gasteiger partial charge in [0.05, 0.1) is 6.61 Å². The van der Waals surface area contributed by atoms with Crippen LogP contribution in [0.1, 0.15) is 26.7 Å². The third-order valence-electron chi connectivity index (χ3n) is 3.65. The Balaban J connectivity index is 0.00000162. The van der Waals surface area contributed by atoms with Gasteiger partial charge in [-0.1, -0.05) is 6.92 Å². The first-order valence-corrected chi connectivity index (χ1v) is 6.80. The van der Waals surface area contributed by atoms with E-state index in [1.807, 2.05) is 0 Å². The normalized spacial score (nSPS) is 30.8. The lowest BCUT2D eigenvalue weighted by atomic mass is 10.1. The highest BCUT2D eigenvalue weighted by Crippen LogP contribution is 2.29. The van der Waals surface area contributed by atoms with Crippen molar-refractivity contribution in [3.05, 3.63) is 0 Å². The second-order valence-corrected chi connectivity index (χ2v) is 5.37. The number of ether oxygens (including phenoxy) is 1. The van der Waals surface area contributed by atoms with Crippen molar-refractivity contribution in [2.24, 2.45) is 16.8 Å². The van der Waals surface area contributed by atoms with E-state index in [0.717, 1.165) is 38.2 Å². The average Bonchev–Trinajstić information content (AvgIpc) is 2.80. The van der Waals surface area contributed by atoms with Gasteiger partial charge in [-0.25, -0.2) is 0 Å². The summed E-state index contributed by atoms with van der Waals surface area (Å²) in [6.07, 6.45) is 2.46. The van der Waals surface area contributed by atoms with Gasteiger partial charge < -0.3 is 15.0 Å². The summed E-state index contributed by atoms with van der Waals surface area (Å²) in [5, 5.41) is 3.55. The lowest BCUT2D eigenvalue weighted by molar-refractivity contribution is 0.181. The number of rotatable bonds is 4. The average molecular weight is 367 g/mol. The number of nitrogens with zero attached hydrogens (tertiary/aromatic N) is 2. The summed E-state index contributed by atoms with van der Waals surface area (Å²) in [4.78, 5) is 6.83. The van der Waals surface area contributed by atoms with E-state index in [9.17, 15) is 0 Å². The van der Waals surface area contributed by atoms with Crippen molar-refractivity contribution in [3.8, 4) is 0 Å². The van der Waals surface area contributed by atoms with Gasteiger partial charge in [0.15, 0.2) is 5.96 Å². The van der Waals surface area contributed by atoms with Gasteiger partial charge in [-0.15, -0.1) is 24.0 Å². The third-order valence-corrected chi connectivity index (χ3v) is 3.65. The number of halogens is 1. The lowest BCUT2D eigenvalue weighted by Gasteiger charge is -2.25. The van der Waals surface area contributed by atoms with Gasteiger partial charge in [0.25, 0.3) is 0 Å². The molecule has 3 atom stereocenters. The molecule has 2 aliphatic rings. The standard InChI is InChI=1S/C13H25N3O.HI/c1-4-14-13(15-12-7-10(12)2)16(3)8-11-5-6-17-9-11;/h10-12H,4-9H2,1-3H3,(H,14,15);1H. The van der Waals surface area contributed by atoms with Crippen molar-refractivity contribution in [2.75, 3.05) is 33.4 Å². The van der Waals surface area contributed by atoms with Crippen LogP contribution < -0.4 is 5.32 Å².